The molecule has 260 valence electrons. The van der Waals surface area contributed by atoms with Gasteiger partial charge in [-0.3, -0.25) is 38.9 Å². The van der Waals surface area contributed by atoms with Crippen molar-refractivity contribution in [2.75, 3.05) is 23.3 Å². The molecule has 0 radical (unpaired) electrons. The quantitative estimate of drug-likeness (QED) is 0.222. The highest BCUT2D eigenvalue weighted by Crippen LogP contribution is 2.38. The zero-order chi connectivity index (χ0) is 36.2. The molecule has 2 fully saturated rings. The van der Waals surface area contributed by atoms with Gasteiger partial charge in [0.15, 0.2) is 0 Å². The number of benzene rings is 2. The number of thiazole rings is 1. The van der Waals surface area contributed by atoms with Crippen molar-refractivity contribution in [2.45, 2.75) is 44.4 Å². The molecule has 2 saturated heterocycles. The first kappa shape index (κ1) is 33.7. The third-order valence-corrected chi connectivity index (χ3v) is 9.87. The average Bonchev–Trinajstić information content (AvgIpc) is 3.82. The molecular formula is C35H28F3N7O5S. The molecule has 3 aliphatic heterocycles. The smallest absolute Gasteiger partial charge is 0.369 e. The Bertz CT molecular complexity index is 2180. The summed E-state index contributed by atoms with van der Waals surface area (Å²) in [5, 5.41) is 11.2. The van der Waals surface area contributed by atoms with Crippen molar-refractivity contribution in [3.8, 4) is 22.4 Å². The van der Waals surface area contributed by atoms with Crippen LogP contribution in [-0.2, 0) is 26.1 Å². The Morgan fingerprint density at radius 1 is 1.02 bits per heavy atom. The Morgan fingerprint density at radius 2 is 1.78 bits per heavy atom. The van der Waals surface area contributed by atoms with Crippen molar-refractivity contribution >= 4 is 52.2 Å². The molecule has 3 aliphatic rings. The van der Waals surface area contributed by atoms with Crippen LogP contribution in [0.3, 0.4) is 0 Å². The van der Waals surface area contributed by atoms with Crippen LogP contribution in [0.2, 0.25) is 0 Å². The molecular weight excluding hydrogens is 687 g/mol. The van der Waals surface area contributed by atoms with E-state index in [0.717, 1.165) is 34.1 Å². The Balaban J connectivity index is 0.991. The van der Waals surface area contributed by atoms with Crippen LogP contribution < -0.4 is 15.5 Å². The van der Waals surface area contributed by atoms with E-state index in [9.17, 15) is 37.1 Å². The summed E-state index contributed by atoms with van der Waals surface area (Å²) < 4.78 is 41.7. The average molecular weight is 716 g/mol. The number of nitrogens with zero attached hydrogens (tertiary/aromatic N) is 5. The summed E-state index contributed by atoms with van der Waals surface area (Å²) in [7, 11) is 0. The van der Waals surface area contributed by atoms with E-state index < -0.39 is 52.9 Å². The van der Waals surface area contributed by atoms with Gasteiger partial charge in [0.1, 0.15) is 16.6 Å². The number of carbonyl (C=O) groups is 5. The number of alkyl halides is 3. The Hall–Kier alpha value is -5.82. The third kappa shape index (κ3) is 6.25. The first-order chi connectivity index (χ1) is 24.2. The fraction of sp³-hybridized carbons (Fsp3) is 0.286. The molecule has 0 spiro atoms. The summed E-state index contributed by atoms with van der Waals surface area (Å²) in [4.78, 5) is 70.6. The van der Waals surface area contributed by atoms with Crippen molar-refractivity contribution in [3.63, 3.8) is 0 Å². The van der Waals surface area contributed by atoms with Gasteiger partial charge < -0.3 is 10.2 Å². The topological polar surface area (TPSA) is 147 Å². The van der Waals surface area contributed by atoms with Gasteiger partial charge in [0.2, 0.25) is 11.8 Å². The van der Waals surface area contributed by atoms with Crippen molar-refractivity contribution < 1.29 is 37.1 Å². The molecule has 0 saturated carbocycles. The Labute approximate surface area is 292 Å². The number of amides is 5. The van der Waals surface area contributed by atoms with E-state index in [1.807, 2.05) is 4.90 Å². The predicted octanol–water partition coefficient (Wildman–Crippen LogP) is 4.29. The molecule has 2 aromatic heterocycles. The van der Waals surface area contributed by atoms with Gasteiger partial charge >= 0.3 is 6.18 Å². The Morgan fingerprint density at radius 3 is 2.49 bits per heavy atom. The van der Waals surface area contributed by atoms with Crippen LogP contribution in [0, 0.1) is 17.8 Å². The minimum atomic E-state index is -4.56. The number of carbonyl (C=O) groups excluding carboxylic acids is 5. The highest BCUT2D eigenvalue weighted by molar-refractivity contribution is 7.13. The molecule has 12 nitrogen and oxygen atoms in total. The number of piperidine rings is 1. The first-order valence-corrected chi connectivity index (χ1v) is 16.7. The van der Waals surface area contributed by atoms with Gasteiger partial charge in [-0.25, -0.2) is 4.98 Å². The number of nitrogens with one attached hydrogen (secondary N) is 2. The second-order valence-electron chi connectivity index (χ2n) is 12.8. The van der Waals surface area contributed by atoms with Crippen LogP contribution in [0.25, 0.3) is 10.6 Å². The number of halogens is 3. The van der Waals surface area contributed by atoms with Crippen molar-refractivity contribution in [1.82, 2.24) is 25.0 Å². The van der Waals surface area contributed by atoms with Gasteiger partial charge in [-0.2, -0.15) is 18.3 Å². The summed E-state index contributed by atoms with van der Waals surface area (Å²) >= 11 is 1.15. The molecule has 5 amide bonds. The van der Waals surface area contributed by atoms with Gasteiger partial charge in [0.05, 0.1) is 40.1 Å². The van der Waals surface area contributed by atoms with Crippen LogP contribution in [0.5, 0.6) is 0 Å². The number of aromatic nitrogens is 3. The molecule has 1 atom stereocenters. The molecule has 4 aromatic rings. The summed E-state index contributed by atoms with van der Waals surface area (Å²) in [6, 6.07) is 6.99. The van der Waals surface area contributed by atoms with Gasteiger partial charge in [-0.05, 0) is 56.7 Å². The minimum Gasteiger partial charge on any atom is -0.369 e. The standard InChI is InChI=1S/C35H28F3N7O5S/c1-34(2,33(50)41-26-8-5-21(35(36,37)38)13-25(26)30-39-11-12-51-30)44-18-19(15-40-44)3-4-20-16-43(17-20)22-6-7-23-24(14-22)32(49)45(31(23)48)27-9-10-28(46)42-29(27)47/h5-8,11-15,18,20,27H,9-10,16-17H2,1-2H3,(H,41,50)(H,42,46,47). The largest absolute Gasteiger partial charge is 0.416 e. The van der Waals surface area contributed by atoms with E-state index in [0.29, 0.717) is 23.7 Å². The summed E-state index contributed by atoms with van der Waals surface area (Å²) in [5.41, 5.74) is -0.0644. The zero-order valence-electron chi connectivity index (χ0n) is 27.1. The lowest BCUT2D eigenvalue weighted by Crippen LogP contribution is -2.54. The molecule has 16 heteroatoms. The van der Waals surface area contributed by atoms with Crippen molar-refractivity contribution in [3.05, 3.63) is 82.6 Å². The van der Waals surface area contributed by atoms with E-state index >= 15 is 0 Å². The van der Waals surface area contributed by atoms with Crippen LogP contribution in [0.4, 0.5) is 24.5 Å². The first-order valence-electron chi connectivity index (χ1n) is 15.8. The number of hydrogen-bond donors (Lipinski definition) is 2. The molecule has 5 heterocycles. The maximum atomic E-state index is 13.4. The SMILES string of the molecule is CC(C)(C(=O)Nc1ccc(C(F)(F)F)cc1-c1nccs1)n1cc(C#CC2CN(c3ccc4c(c3)C(=O)N(C3CCC(=O)NC3=O)C4=O)C2)cn1. The van der Waals surface area contributed by atoms with Gasteiger partial charge in [-0.1, -0.05) is 11.8 Å². The van der Waals surface area contributed by atoms with Gasteiger partial charge in [0, 0.05) is 48.5 Å². The lowest BCUT2D eigenvalue weighted by Gasteiger charge is -2.38. The van der Waals surface area contributed by atoms with Crippen molar-refractivity contribution in [2.24, 2.45) is 5.92 Å². The summed E-state index contributed by atoms with van der Waals surface area (Å²) in [6.45, 7) is 4.37. The molecule has 1 unspecified atom stereocenters. The molecule has 0 bridgehead atoms. The molecule has 0 aliphatic carbocycles. The van der Waals surface area contributed by atoms with E-state index in [1.165, 1.54) is 23.1 Å². The van der Waals surface area contributed by atoms with Gasteiger partial charge in [-0.15, -0.1) is 11.3 Å². The minimum absolute atomic E-state index is 0.0147. The number of hydrogen-bond acceptors (Lipinski definition) is 9. The van der Waals surface area contributed by atoms with E-state index in [2.05, 4.69) is 32.6 Å². The van der Waals surface area contributed by atoms with E-state index in [4.69, 9.17) is 0 Å². The van der Waals surface area contributed by atoms with Gasteiger partial charge in [0.25, 0.3) is 17.7 Å². The number of imide groups is 2. The van der Waals surface area contributed by atoms with Crippen LogP contribution >= 0.6 is 11.3 Å². The fourth-order valence-electron chi connectivity index (χ4n) is 6.06. The number of rotatable bonds is 6. The number of anilines is 2. The molecule has 51 heavy (non-hydrogen) atoms. The predicted molar refractivity (Wildman–Crippen MR) is 178 cm³/mol. The third-order valence-electron chi connectivity index (χ3n) is 9.06. The maximum Gasteiger partial charge on any atom is 0.416 e. The van der Waals surface area contributed by atoms with Crippen LogP contribution in [0.1, 0.15) is 58.5 Å². The summed E-state index contributed by atoms with van der Waals surface area (Å²) in [6.07, 6.45) is 0.174. The lowest BCUT2D eigenvalue weighted by molar-refractivity contribution is -0.138. The second-order valence-corrected chi connectivity index (χ2v) is 13.7. The lowest BCUT2D eigenvalue weighted by atomic mass is 9.98. The van der Waals surface area contributed by atoms with Crippen LogP contribution in [0.15, 0.2) is 60.4 Å². The zero-order valence-corrected chi connectivity index (χ0v) is 27.9. The summed E-state index contributed by atoms with van der Waals surface area (Å²) in [5.74, 6) is 3.51. The second kappa shape index (κ2) is 12.5. The monoisotopic (exact) mass is 715 g/mol. The highest BCUT2D eigenvalue weighted by atomic mass is 32.1. The normalized spacial score (nSPS) is 17.9. The Kier molecular flexibility index (Phi) is 8.25. The molecule has 7 rings (SSSR count). The van der Waals surface area contributed by atoms with E-state index in [1.54, 1.807) is 43.6 Å². The molecule has 2 aromatic carbocycles. The van der Waals surface area contributed by atoms with Crippen LogP contribution in [-0.4, -0.2) is 68.3 Å². The highest BCUT2D eigenvalue weighted by Gasteiger charge is 2.45. The fourth-order valence-corrected chi connectivity index (χ4v) is 6.73. The molecule has 2 N–H and O–H groups in total. The maximum absolute atomic E-state index is 13.4. The van der Waals surface area contributed by atoms with Crippen molar-refractivity contribution in [1.29, 1.82) is 0 Å². The van der Waals surface area contributed by atoms with E-state index in [-0.39, 0.29) is 41.1 Å². The number of fused-ring (bicyclic) bond motifs is 1.